The summed E-state index contributed by atoms with van der Waals surface area (Å²) in [6, 6.07) is 5.71. The Morgan fingerprint density at radius 2 is 2.06 bits per heavy atom. The Morgan fingerprint density at radius 1 is 1.32 bits per heavy atom. The maximum Gasteiger partial charge on any atom is 0.280 e. The summed E-state index contributed by atoms with van der Waals surface area (Å²) < 4.78 is 46.3. The number of likely N-dealkylation sites (N-methyl/N-ethyl adjacent to an activating group) is 1. The molecule has 0 aliphatic carbocycles. The minimum Gasteiger partial charge on any atom is -0.389 e. The second-order valence-electron chi connectivity index (χ2n) is 7.40. The molecule has 0 radical (unpaired) electrons. The van der Waals surface area contributed by atoms with Crippen molar-refractivity contribution in [3.8, 4) is 0 Å². The molecule has 1 aromatic carbocycles. The van der Waals surface area contributed by atoms with Crippen LogP contribution in [0.4, 0.5) is 9.52 Å². The van der Waals surface area contributed by atoms with E-state index in [1.54, 1.807) is 0 Å². The summed E-state index contributed by atoms with van der Waals surface area (Å²) in [4.78, 5) is 24.2. The minimum absolute atomic E-state index is 0.0580. The van der Waals surface area contributed by atoms with Gasteiger partial charge in [-0.1, -0.05) is 42.5 Å². The third-order valence-corrected chi connectivity index (χ3v) is 7.32. The fraction of sp³-hybridized carbons (Fsp3) is 0.476. The van der Waals surface area contributed by atoms with E-state index < -0.39 is 21.1 Å². The molecule has 0 bridgehead atoms. The molecule has 1 aliphatic rings. The van der Waals surface area contributed by atoms with E-state index in [0.717, 1.165) is 19.3 Å². The summed E-state index contributed by atoms with van der Waals surface area (Å²) >= 11 is 0.674. The molecular formula is C21H28FN5O5S2. The molecule has 34 heavy (non-hydrogen) atoms. The van der Waals surface area contributed by atoms with Gasteiger partial charge in [0.15, 0.2) is 22.1 Å². The van der Waals surface area contributed by atoms with Crippen molar-refractivity contribution >= 4 is 38.1 Å². The van der Waals surface area contributed by atoms with Gasteiger partial charge in [-0.25, -0.2) is 18.1 Å². The molecule has 2 aromatic rings. The van der Waals surface area contributed by atoms with Crippen LogP contribution in [-0.4, -0.2) is 75.4 Å². The molecule has 3 rings (SSSR count). The van der Waals surface area contributed by atoms with Gasteiger partial charge in [-0.3, -0.25) is 10.1 Å². The van der Waals surface area contributed by atoms with Gasteiger partial charge in [0.05, 0.1) is 24.3 Å². The van der Waals surface area contributed by atoms with E-state index in [1.807, 2.05) is 13.8 Å². The number of hydrogen-bond acceptors (Lipinski definition) is 9. The lowest BCUT2D eigenvalue weighted by molar-refractivity contribution is -0.110. The lowest BCUT2D eigenvalue weighted by atomic mass is 10.1. The number of nitrogens with zero attached hydrogens (tertiary/aromatic N) is 3. The lowest BCUT2D eigenvalue weighted by Gasteiger charge is -2.18. The summed E-state index contributed by atoms with van der Waals surface area (Å²) in [6.07, 6.45) is 1.33. The monoisotopic (exact) mass is 513 g/mol. The molecule has 2 N–H and O–H groups in total. The smallest absolute Gasteiger partial charge is 0.280 e. The molecule has 1 fully saturated rings. The first-order valence-corrected chi connectivity index (χ1v) is 13.2. The van der Waals surface area contributed by atoms with Crippen molar-refractivity contribution in [1.82, 2.24) is 14.6 Å². The van der Waals surface area contributed by atoms with Gasteiger partial charge in [0.2, 0.25) is 10.0 Å². The predicted molar refractivity (Wildman–Crippen MR) is 127 cm³/mol. The molecular weight excluding hydrogens is 485 g/mol. The first kappa shape index (κ1) is 26.2. The van der Waals surface area contributed by atoms with Crippen molar-refractivity contribution in [2.24, 2.45) is 5.16 Å². The van der Waals surface area contributed by atoms with E-state index >= 15 is 0 Å². The van der Waals surface area contributed by atoms with Crippen molar-refractivity contribution in [1.29, 1.82) is 0 Å². The lowest BCUT2D eigenvalue weighted by Crippen LogP contribution is -2.34. The van der Waals surface area contributed by atoms with Crippen LogP contribution in [0.1, 0.15) is 25.8 Å². The normalized spacial score (nSPS) is 16.7. The van der Waals surface area contributed by atoms with E-state index in [9.17, 15) is 17.6 Å². The molecule has 1 atom stereocenters. The number of nitrogens with one attached hydrogen (secondary N) is 2. The number of anilines is 1. The van der Waals surface area contributed by atoms with Crippen molar-refractivity contribution in [2.75, 3.05) is 44.7 Å². The average molecular weight is 514 g/mol. The average Bonchev–Trinajstić information content (AvgIpc) is 3.49. The highest BCUT2D eigenvalue weighted by molar-refractivity contribution is 7.89. The van der Waals surface area contributed by atoms with Crippen LogP contribution in [-0.2, 0) is 24.4 Å². The number of amides is 1. The highest BCUT2D eigenvalue weighted by Gasteiger charge is 2.22. The molecule has 1 aromatic heterocycles. The quantitative estimate of drug-likeness (QED) is 0.329. The second kappa shape index (κ2) is 12.3. The van der Waals surface area contributed by atoms with Crippen LogP contribution in [0, 0.1) is 5.13 Å². The van der Waals surface area contributed by atoms with Gasteiger partial charge < -0.3 is 14.5 Å². The Bertz CT molecular complexity index is 1080. The number of carbonyl (C=O) groups excluding carboxylic acids is 1. The fourth-order valence-electron chi connectivity index (χ4n) is 3.17. The Hall–Kier alpha value is -2.45. The van der Waals surface area contributed by atoms with Crippen LogP contribution in [0.2, 0.25) is 0 Å². The zero-order chi connectivity index (χ0) is 24.6. The van der Waals surface area contributed by atoms with Crippen LogP contribution in [0.3, 0.4) is 0 Å². The highest BCUT2D eigenvalue weighted by Crippen LogP contribution is 2.18. The van der Waals surface area contributed by atoms with Crippen molar-refractivity contribution in [3.63, 3.8) is 0 Å². The molecule has 1 saturated heterocycles. The Balaban J connectivity index is 1.75. The Kier molecular flexibility index (Phi) is 9.47. The summed E-state index contributed by atoms with van der Waals surface area (Å²) in [7, 11) is -3.72. The molecule has 0 unspecified atom stereocenters. The largest absolute Gasteiger partial charge is 0.389 e. The number of aromatic nitrogens is 1. The number of oxime groups is 1. The molecule has 10 nitrogen and oxygen atoms in total. The third-order valence-electron chi connectivity index (χ3n) is 5.15. The molecule has 1 amide bonds. The number of carbonyl (C=O) groups is 1. The highest BCUT2D eigenvalue weighted by atomic mass is 32.2. The standard InChI is InChI=1S/C21H28FN5O5S2/c1-3-27(4-2)11-10-24-34(29,30)17-7-5-15(6-8-17)19(26-32-16-9-12-31-14-16)20(28)25-21-23-13-18(22)33-21/h5-8,13,16,24H,3-4,9-12,14H2,1-2H3,(H,23,25,28)/b26-19+/t16-/m1/s1. The Morgan fingerprint density at radius 3 is 2.65 bits per heavy atom. The summed E-state index contributed by atoms with van der Waals surface area (Å²) in [5, 5.41) is 6.00. The minimum atomic E-state index is -3.72. The number of ether oxygens (including phenoxy) is 1. The van der Waals surface area contributed by atoms with Crippen molar-refractivity contribution in [3.05, 3.63) is 41.2 Å². The molecule has 0 spiro atoms. The molecule has 13 heteroatoms. The van der Waals surface area contributed by atoms with Gasteiger partial charge in [-0.2, -0.15) is 4.39 Å². The first-order chi connectivity index (χ1) is 16.3. The van der Waals surface area contributed by atoms with Crippen molar-refractivity contribution in [2.45, 2.75) is 31.3 Å². The van der Waals surface area contributed by atoms with E-state index in [2.05, 4.69) is 25.1 Å². The zero-order valence-corrected chi connectivity index (χ0v) is 20.6. The molecule has 0 saturated carbocycles. The van der Waals surface area contributed by atoms with Gasteiger partial charge >= 0.3 is 0 Å². The number of halogens is 1. The van der Waals surface area contributed by atoms with Crippen LogP contribution < -0.4 is 10.0 Å². The van der Waals surface area contributed by atoms with E-state index in [0.29, 0.717) is 43.1 Å². The maximum atomic E-state index is 13.3. The number of sulfonamides is 1. The van der Waals surface area contributed by atoms with Gasteiger partial charge in [-0.05, 0) is 25.2 Å². The van der Waals surface area contributed by atoms with Gasteiger partial charge in [0, 0.05) is 25.1 Å². The van der Waals surface area contributed by atoms with Crippen LogP contribution in [0.5, 0.6) is 0 Å². The van der Waals surface area contributed by atoms with Gasteiger partial charge in [0.25, 0.3) is 5.91 Å². The fourth-order valence-corrected chi connectivity index (χ4v) is 4.73. The second-order valence-corrected chi connectivity index (χ2v) is 10.2. The first-order valence-electron chi connectivity index (χ1n) is 10.9. The summed E-state index contributed by atoms with van der Waals surface area (Å²) in [6.45, 7) is 7.46. The van der Waals surface area contributed by atoms with Gasteiger partial charge in [-0.15, -0.1) is 0 Å². The zero-order valence-electron chi connectivity index (χ0n) is 19.0. The summed E-state index contributed by atoms with van der Waals surface area (Å²) in [5.74, 6) is -0.666. The van der Waals surface area contributed by atoms with Gasteiger partial charge in [0.1, 0.15) is 0 Å². The molecule has 186 valence electrons. The van der Waals surface area contributed by atoms with E-state index in [-0.39, 0.29) is 28.4 Å². The van der Waals surface area contributed by atoms with Crippen molar-refractivity contribution < 1.29 is 27.2 Å². The Labute approximate surface area is 202 Å². The SMILES string of the molecule is CCN(CC)CCNS(=O)(=O)c1ccc(/C(=N\O[C@@H]2CCOC2)C(=O)Nc2ncc(F)s2)cc1. The van der Waals surface area contributed by atoms with E-state index in [1.165, 1.54) is 24.3 Å². The van der Waals surface area contributed by atoms with Crippen LogP contribution in [0.25, 0.3) is 0 Å². The number of benzene rings is 1. The maximum absolute atomic E-state index is 13.3. The summed E-state index contributed by atoms with van der Waals surface area (Å²) in [5.41, 5.74) is 0.233. The molecule has 2 heterocycles. The van der Waals surface area contributed by atoms with Crippen LogP contribution in [0.15, 0.2) is 40.5 Å². The number of rotatable bonds is 12. The third kappa shape index (κ3) is 7.27. The topological polar surface area (TPSA) is 122 Å². The number of thiazole rings is 1. The molecule has 1 aliphatic heterocycles. The predicted octanol–water partition coefficient (Wildman–Crippen LogP) is 2.05. The number of hydrogen-bond donors (Lipinski definition) is 2. The van der Waals surface area contributed by atoms with Crippen LogP contribution >= 0.6 is 11.3 Å². The van der Waals surface area contributed by atoms with E-state index in [4.69, 9.17) is 9.57 Å².